The largest absolute Gasteiger partial charge is 0.353 e. The van der Waals surface area contributed by atoms with Crippen LogP contribution in [0.3, 0.4) is 0 Å². The molecule has 2 aromatic rings. The molecule has 0 radical (unpaired) electrons. The van der Waals surface area contributed by atoms with E-state index in [0.717, 1.165) is 6.42 Å². The van der Waals surface area contributed by atoms with Gasteiger partial charge >= 0.3 is 0 Å². The lowest BCUT2D eigenvalue weighted by Crippen LogP contribution is -2.39. The van der Waals surface area contributed by atoms with Crippen molar-refractivity contribution in [1.82, 2.24) is 15.5 Å². The van der Waals surface area contributed by atoms with E-state index in [0.29, 0.717) is 12.2 Å². The lowest BCUT2D eigenvalue weighted by atomic mass is 10.0. The number of carbonyl (C=O) groups excluding carboxylic acids is 2. The SMILES string of the molecule is Cc1ccccc1C[C@@H](C)NC(=O)[C@H]1CC(=O)N(c2cn[nH]c2)C1. The Bertz CT molecular complexity index is 726. The Hall–Kier alpha value is -2.63. The fraction of sp³-hybridized carbons (Fsp3) is 0.389. The number of nitrogens with one attached hydrogen (secondary N) is 2. The summed E-state index contributed by atoms with van der Waals surface area (Å²) < 4.78 is 0. The van der Waals surface area contributed by atoms with Gasteiger partial charge in [0.25, 0.3) is 0 Å². The minimum absolute atomic E-state index is 0.0247. The summed E-state index contributed by atoms with van der Waals surface area (Å²) in [5.74, 6) is -0.412. The number of anilines is 1. The average molecular weight is 326 g/mol. The second-order valence-corrected chi connectivity index (χ2v) is 6.40. The number of benzene rings is 1. The van der Waals surface area contributed by atoms with Gasteiger partial charge in [-0.3, -0.25) is 14.7 Å². The van der Waals surface area contributed by atoms with Crippen LogP contribution in [0.15, 0.2) is 36.7 Å². The molecular weight excluding hydrogens is 304 g/mol. The van der Waals surface area contributed by atoms with Crippen LogP contribution in [0.5, 0.6) is 0 Å². The van der Waals surface area contributed by atoms with Gasteiger partial charge in [0.2, 0.25) is 11.8 Å². The number of amides is 2. The van der Waals surface area contributed by atoms with Crippen LogP contribution in [0.25, 0.3) is 0 Å². The Balaban J connectivity index is 1.57. The number of hydrogen-bond acceptors (Lipinski definition) is 3. The molecule has 6 nitrogen and oxygen atoms in total. The molecule has 6 heteroatoms. The summed E-state index contributed by atoms with van der Waals surface area (Å²) in [5, 5.41) is 9.59. The first kappa shape index (κ1) is 16.2. The molecule has 0 spiro atoms. The zero-order valence-corrected chi connectivity index (χ0v) is 14.0. The minimum atomic E-state index is -0.313. The normalized spacial score (nSPS) is 18.7. The summed E-state index contributed by atoms with van der Waals surface area (Å²) in [6.45, 7) is 4.47. The van der Waals surface area contributed by atoms with E-state index in [-0.39, 0.29) is 30.2 Å². The van der Waals surface area contributed by atoms with Gasteiger partial charge < -0.3 is 10.2 Å². The predicted octanol–water partition coefficient (Wildman–Crippen LogP) is 1.82. The highest BCUT2D eigenvalue weighted by Gasteiger charge is 2.35. The molecular formula is C18H22N4O2. The Morgan fingerprint density at radius 3 is 2.96 bits per heavy atom. The fourth-order valence-electron chi connectivity index (χ4n) is 3.11. The van der Waals surface area contributed by atoms with Crippen LogP contribution in [0.2, 0.25) is 0 Å². The van der Waals surface area contributed by atoms with Crippen LogP contribution in [0, 0.1) is 12.8 Å². The van der Waals surface area contributed by atoms with E-state index in [1.54, 1.807) is 17.3 Å². The maximum atomic E-state index is 12.5. The van der Waals surface area contributed by atoms with Gasteiger partial charge in [0.15, 0.2) is 0 Å². The molecule has 2 amide bonds. The molecule has 1 saturated heterocycles. The average Bonchev–Trinajstić information content (AvgIpc) is 3.18. The quantitative estimate of drug-likeness (QED) is 0.880. The van der Waals surface area contributed by atoms with Gasteiger partial charge in [0.1, 0.15) is 0 Å². The maximum absolute atomic E-state index is 12.5. The molecule has 1 fully saturated rings. The van der Waals surface area contributed by atoms with Crippen molar-refractivity contribution in [3.8, 4) is 0 Å². The molecule has 2 atom stereocenters. The van der Waals surface area contributed by atoms with Crippen LogP contribution in [0.1, 0.15) is 24.5 Å². The predicted molar refractivity (Wildman–Crippen MR) is 91.5 cm³/mol. The van der Waals surface area contributed by atoms with Crippen LogP contribution in [0.4, 0.5) is 5.69 Å². The topological polar surface area (TPSA) is 78.1 Å². The van der Waals surface area contributed by atoms with Gasteiger partial charge in [-0.2, -0.15) is 5.10 Å². The lowest BCUT2D eigenvalue weighted by molar-refractivity contribution is -0.126. The third kappa shape index (κ3) is 3.48. The van der Waals surface area contributed by atoms with Crippen molar-refractivity contribution < 1.29 is 9.59 Å². The zero-order chi connectivity index (χ0) is 17.1. The summed E-state index contributed by atoms with van der Waals surface area (Å²) >= 11 is 0. The van der Waals surface area contributed by atoms with E-state index in [2.05, 4.69) is 34.6 Å². The molecule has 0 saturated carbocycles. The Labute approximate surface area is 141 Å². The van der Waals surface area contributed by atoms with Crippen molar-refractivity contribution >= 4 is 17.5 Å². The van der Waals surface area contributed by atoms with Gasteiger partial charge in [-0.05, 0) is 31.4 Å². The van der Waals surface area contributed by atoms with E-state index in [1.807, 2.05) is 19.1 Å². The van der Waals surface area contributed by atoms with Crippen molar-refractivity contribution in [1.29, 1.82) is 0 Å². The lowest BCUT2D eigenvalue weighted by Gasteiger charge is -2.18. The Kier molecular flexibility index (Phi) is 4.64. The number of nitrogens with zero attached hydrogens (tertiary/aromatic N) is 2. The van der Waals surface area contributed by atoms with E-state index in [4.69, 9.17) is 0 Å². The van der Waals surface area contributed by atoms with Crippen molar-refractivity contribution in [2.75, 3.05) is 11.4 Å². The first-order valence-electron chi connectivity index (χ1n) is 8.18. The highest BCUT2D eigenvalue weighted by molar-refractivity contribution is 6.00. The van der Waals surface area contributed by atoms with Gasteiger partial charge in [0, 0.05) is 25.2 Å². The van der Waals surface area contributed by atoms with E-state index >= 15 is 0 Å². The molecule has 0 aliphatic carbocycles. The van der Waals surface area contributed by atoms with Gasteiger partial charge in [-0.15, -0.1) is 0 Å². The maximum Gasteiger partial charge on any atom is 0.227 e. The van der Waals surface area contributed by atoms with Crippen LogP contribution < -0.4 is 10.2 Å². The number of H-pyrrole nitrogens is 1. The summed E-state index contributed by atoms with van der Waals surface area (Å²) in [6, 6.07) is 8.20. The molecule has 126 valence electrons. The number of carbonyl (C=O) groups is 2. The molecule has 2 heterocycles. The van der Waals surface area contributed by atoms with E-state index in [9.17, 15) is 9.59 Å². The molecule has 24 heavy (non-hydrogen) atoms. The smallest absolute Gasteiger partial charge is 0.227 e. The third-order valence-electron chi connectivity index (χ3n) is 4.47. The van der Waals surface area contributed by atoms with Crippen molar-refractivity contribution in [2.45, 2.75) is 32.7 Å². The van der Waals surface area contributed by atoms with Crippen molar-refractivity contribution in [2.24, 2.45) is 5.92 Å². The Morgan fingerprint density at radius 2 is 2.25 bits per heavy atom. The number of aromatic nitrogens is 2. The van der Waals surface area contributed by atoms with Crippen LogP contribution in [-0.4, -0.2) is 34.6 Å². The first-order chi connectivity index (χ1) is 11.5. The van der Waals surface area contributed by atoms with Gasteiger partial charge in [-0.1, -0.05) is 24.3 Å². The number of rotatable bonds is 5. The number of aromatic amines is 1. The molecule has 0 bridgehead atoms. The highest BCUT2D eigenvalue weighted by atomic mass is 16.2. The first-order valence-corrected chi connectivity index (χ1v) is 8.18. The third-order valence-corrected chi connectivity index (χ3v) is 4.47. The second-order valence-electron chi connectivity index (χ2n) is 6.40. The van der Waals surface area contributed by atoms with Crippen LogP contribution in [-0.2, 0) is 16.0 Å². The van der Waals surface area contributed by atoms with Crippen molar-refractivity contribution in [3.05, 3.63) is 47.8 Å². The van der Waals surface area contributed by atoms with E-state index in [1.165, 1.54) is 11.1 Å². The molecule has 1 aliphatic heterocycles. The van der Waals surface area contributed by atoms with E-state index < -0.39 is 0 Å². The monoisotopic (exact) mass is 326 g/mol. The fourth-order valence-corrected chi connectivity index (χ4v) is 3.11. The number of hydrogen-bond donors (Lipinski definition) is 2. The minimum Gasteiger partial charge on any atom is -0.353 e. The number of aryl methyl sites for hydroxylation is 1. The standard InChI is InChI=1S/C18H22N4O2/c1-12-5-3-4-6-14(12)7-13(2)21-18(24)15-8-17(23)22(11-15)16-9-19-20-10-16/h3-6,9-10,13,15H,7-8,11H2,1-2H3,(H,19,20)(H,21,24)/t13-,15+/m1/s1. The van der Waals surface area contributed by atoms with Gasteiger partial charge in [-0.25, -0.2) is 0 Å². The molecule has 3 rings (SSSR count). The second kappa shape index (κ2) is 6.86. The van der Waals surface area contributed by atoms with Gasteiger partial charge in [0.05, 0.1) is 17.8 Å². The molecule has 1 aliphatic rings. The van der Waals surface area contributed by atoms with Crippen molar-refractivity contribution in [3.63, 3.8) is 0 Å². The Morgan fingerprint density at radius 1 is 1.46 bits per heavy atom. The molecule has 2 N–H and O–H groups in total. The molecule has 0 unspecified atom stereocenters. The summed E-state index contributed by atoms with van der Waals surface area (Å²) in [7, 11) is 0. The summed E-state index contributed by atoms with van der Waals surface area (Å²) in [6.07, 6.45) is 4.29. The summed E-state index contributed by atoms with van der Waals surface area (Å²) in [4.78, 5) is 26.2. The summed E-state index contributed by atoms with van der Waals surface area (Å²) in [5.41, 5.74) is 3.16. The zero-order valence-electron chi connectivity index (χ0n) is 14.0. The molecule has 1 aromatic carbocycles. The molecule has 1 aromatic heterocycles. The highest BCUT2D eigenvalue weighted by Crippen LogP contribution is 2.24. The van der Waals surface area contributed by atoms with Crippen LogP contribution >= 0.6 is 0 Å².